The molecule has 0 unspecified atom stereocenters. The molecule has 4 heterocycles. The maximum Gasteiger partial charge on any atom is 0.272 e. The Morgan fingerprint density at radius 1 is 1.20 bits per heavy atom. The van der Waals surface area contributed by atoms with Crippen LogP contribution < -0.4 is 10.5 Å². The number of aryl methyl sites for hydroxylation is 2. The number of carbonyl (C=O) groups excluding carboxylic acids is 1. The van der Waals surface area contributed by atoms with E-state index in [1.807, 2.05) is 0 Å². The molecule has 1 N–H and O–H groups in total. The molecular formula is C16H18N6O2S. The number of nitrogens with zero attached hydrogens (tertiary/aromatic N) is 5. The molecule has 0 aliphatic carbocycles. The Kier molecular flexibility index (Phi) is 3.79. The second-order valence-electron chi connectivity index (χ2n) is 6.12. The first-order valence-corrected chi connectivity index (χ1v) is 8.86. The van der Waals surface area contributed by atoms with Crippen molar-refractivity contribution >= 4 is 33.3 Å². The van der Waals surface area contributed by atoms with E-state index in [2.05, 4.69) is 33.0 Å². The average molecular weight is 358 g/mol. The lowest BCUT2D eigenvalue weighted by Crippen LogP contribution is -2.49. The first-order chi connectivity index (χ1) is 12.0. The van der Waals surface area contributed by atoms with Crippen molar-refractivity contribution in [2.45, 2.75) is 6.92 Å². The van der Waals surface area contributed by atoms with Crippen molar-refractivity contribution in [1.29, 1.82) is 0 Å². The number of carbonyl (C=O) groups is 1. The first-order valence-electron chi connectivity index (χ1n) is 8.04. The van der Waals surface area contributed by atoms with Crippen molar-refractivity contribution in [3.05, 3.63) is 39.4 Å². The van der Waals surface area contributed by atoms with Crippen molar-refractivity contribution in [2.75, 3.05) is 31.1 Å². The third kappa shape index (κ3) is 2.80. The number of H-pyrrole nitrogens is 1. The van der Waals surface area contributed by atoms with Gasteiger partial charge in [0, 0.05) is 44.2 Å². The van der Waals surface area contributed by atoms with E-state index in [9.17, 15) is 9.59 Å². The summed E-state index contributed by atoms with van der Waals surface area (Å²) in [7, 11) is 1.67. The number of fused-ring (bicyclic) bond motifs is 1. The van der Waals surface area contributed by atoms with Crippen LogP contribution in [0.5, 0.6) is 0 Å². The average Bonchev–Trinajstić information content (AvgIpc) is 3.14. The highest BCUT2D eigenvalue weighted by Crippen LogP contribution is 2.30. The largest absolute Gasteiger partial charge is 0.352 e. The van der Waals surface area contributed by atoms with Crippen LogP contribution in [0.3, 0.4) is 0 Å². The molecule has 1 aliphatic heterocycles. The quantitative estimate of drug-likeness (QED) is 0.738. The van der Waals surface area contributed by atoms with Gasteiger partial charge < -0.3 is 9.80 Å². The second-order valence-corrected chi connectivity index (χ2v) is 7.35. The summed E-state index contributed by atoms with van der Waals surface area (Å²) >= 11 is 1.66. The molecule has 0 spiro atoms. The van der Waals surface area contributed by atoms with Crippen LogP contribution >= 0.6 is 11.3 Å². The monoisotopic (exact) mass is 358 g/mol. The molecule has 0 bridgehead atoms. The molecule has 1 saturated heterocycles. The van der Waals surface area contributed by atoms with E-state index < -0.39 is 0 Å². The lowest BCUT2D eigenvalue weighted by molar-refractivity contribution is 0.0735. The van der Waals surface area contributed by atoms with Crippen molar-refractivity contribution in [1.82, 2.24) is 24.6 Å². The molecule has 9 heteroatoms. The number of rotatable bonds is 2. The van der Waals surface area contributed by atoms with Crippen LogP contribution in [0.4, 0.5) is 5.82 Å². The molecule has 1 aliphatic rings. The molecule has 1 amide bonds. The third-order valence-electron chi connectivity index (χ3n) is 4.42. The molecule has 130 valence electrons. The highest BCUT2D eigenvalue weighted by molar-refractivity contribution is 7.18. The number of aromatic amines is 1. The van der Waals surface area contributed by atoms with Crippen molar-refractivity contribution < 1.29 is 4.79 Å². The Balaban J connectivity index is 1.52. The van der Waals surface area contributed by atoms with Gasteiger partial charge in [-0.25, -0.2) is 9.97 Å². The Bertz CT molecular complexity index is 996. The van der Waals surface area contributed by atoms with E-state index in [-0.39, 0.29) is 11.5 Å². The Morgan fingerprint density at radius 2 is 1.96 bits per heavy atom. The molecule has 4 rings (SSSR count). The van der Waals surface area contributed by atoms with E-state index in [1.165, 1.54) is 15.6 Å². The van der Waals surface area contributed by atoms with Gasteiger partial charge >= 0.3 is 0 Å². The molecule has 0 radical (unpaired) electrons. The predicted octanol–water partition coefficient (Wildman–Crippen LogP) is 0.989. The van der Waals surface area contributed by atoms with E-state index >= 15 is 0 Å². The summed E-state index contributed by atoms with van der Waals surface area (Å²) in [6.07, 6.45) is 1.60. The SMILES string of the molecule is Cc1cc2c(N3CCN(C(=O)c4cc(=O)[nH]n4C)CC3)ncnc2s1. The highest BCUT2D eigenvalue weighted by atomic mass is 32.1. The normalized spacial score (nSPS) is 15.1. The molecule has 25 heavy (non-hydrogen) atoms. The molecule has 8 nitrogen and oxygen atoms in total. The fraction of sp³-hybridized carbons (Fsp3) is 0.375. The third-order valence-corrected chi connectivity index (χ3v) is 5.38. The summed E-state index contributed by atoms with van der Waals surface area (Å²) < 4.78 is 1.47. The topological polar surface area (TPSA) is 87.1 Å². The van der Waals surface area contributed by atoms with Gasteiger partial charge in [-0.15, -0.1) is 11.3 Å². The summed E-state index contributed by atoms with van der Waals surface area (Å²) in [6.45, 7) is 4.64. The van der Waals surface area contributed by atoms with Gasteiger partial charge in [-0.05, 0) is 13.0 Å². The summed E-state index contributed by atoms with van der Waals surface area (Å²) in [5, 5.41) is 3.64. The maximum absolute atomic E-state index is 12.6. The number of piperazine rings is 1. The van der Waals surface area contributed by atoms with Crippen molar-refractivity contribution in [3.8, 4) is 0 Å². The van der Waals surface area contributed by atoms with Crippen LogP contribution in [0.2, 0.25) is 0 Å². The maximum atomic E-state index is 12.6. The van der Waals surface area contributed by atoms with E-state index in [1.54, 1.807) is 29.6 Å². The van der Waals surface area contributed by atoms with Crippen LogP contribution in [0.25, 0.3) is 10.2 Å². The van der Waals surface area contributed by atoms with Crippen LogP contribution in [0.15, 0.2) is 23.3 Å². The summed E-state index contributed by atoms with van der Waals surface area (Å²) in [6, 6.07) is 3.46. The summed E-state index contributed by atoms with van der Waals surface area (Å²) in [5.74, 6) is 0.801. The molecule has 3 aromatic heterocycles. The first kappa shape index (κ1) is 15.8. The van der Waals surface area contributed by atoms with Gasteiger partial charge in [-0.1, -0.05) is 0 Å². The zero-order valence-corrected chi connectivity index (χ0v) is 14.8. The predicted molar refractivity (Wildman–Crippen MR) is 96.3 cm³/mol. The highest BCUT2D eigenvalue weighted by Gasteiger charge is 2.26. The number of hydrogen-bond acceptors (Lipinski definition) is 6. The fourth-order valence-electron chi connectivity index (χ4n) is 3.18. The molecule has 3 aromatic rings. The van der Waals surface area contributed by atoms with E-state index in [0.29, 0.717) is 31.9 Å². The van der Waals surface area contributed by atoms with Gasteiger partial charge in [0.25, 0.3) is 11.5 Å². The van der Waals surface area contributed by atoms with Gasteiger partial charge in [0.05, 0.1) is 5.39 Å². The summed E-state index contributed by atoms with van der Waals surface area (Å²) in [5.41, 5.74) is 0.122. The smallest absolute Gasteiger partial charge is 0.272 e. The Labute approximate surface area is 147 Å². The van der Waals surface area contributed by atoms with Crippen LogP contribution in [-0.2, 0) is 7.05 Å². The van der Waals surface area contributed by atoms with Gasteiger partial charge in [-0.3, -0.25) is 19.4 Å². The standard InChI is InChI=1S/C16H18N6O2S/c1-10-7-11-14(17-9-18-15(11)25-10)21-3-5-22(6-4-21)16(24)12-8-13(23)19-20(12)2/h7-9H,3-6H2,1-2H3,(H,19,23). The molecule has 0 aromatic carbocycles. The number of hydrogen-bond donors (Lipinski definition) is 1. The minimum atomic E-state index is -0.263. The zero-order chi connectivity index (χ0) is 17.6. The second kappa shape index (κ2) is 5.99. The molecular weight excluding hydrogens is 340 g/mol. The zero-order valence-electron chi connectivity index (χ0n) is 14.0. The minimum Gasteiger partial charge on any atom is -0.352 e. The van der Waals surface area contributed by atoms with Crippen LogP contribution in [-0.4, -0.2) is 56.7 Å². The fourth-order valence-corrected chi connectivity index (χ4v) is 4.02. The van der Waals surface area contributed by atoms with Crippen LogP contribution in [0.1, 0.15) is 15.4 Å². The lowest BCUT2D eigenvalue weighted by atomic mass is 10.2. The number of thiophene rings is 1. The lowest BCUT2D eigenvalue weighted by Gasteiger charge is -2.35. The number of aromatic nitrogens is 4. The minimum absolute atomic E-state index is 0.125. The van der Waals surface area contributed by atoms with Crippen molar-refractivity contribution in [3.63, 3.8) is 0 Å². The van der Waals surface area contributed by atoms with Gasteiger partial charge in [-0.2, -0.15) is 0 Å². The van der Waals surface area contributed by atoms with Gasteiger partial charge in [0.2, 0.25) is 0 Å². The number of amides is 1. The molecule has 1 fully saturated rings. The molecule has 0 saturated carbocycles. The van der Waals surface area contributed by atoms with Crippen molar-refractivity contribution in [2.24, 2.45) is 7.05 Å². The Hall–Kier alpha value is -2.68. The Morgan fingerprint density at radius 3 is 2.64 bits per heavy atom. The van der Waals surface area contributed by atoms with E-state index in [0.717, 1.165) is 16.0 Å². The number of anilines is 1. The van der Waals surface area contributed by atoms with Crippen LogP contribution in [0, 0.1) is 6.92 Å². The molecule has 0 atom stereocenters. The number of nitrogens with one attached hydrogen (secondary N) is 1. The van der Waals surface area contributed by atoms with Gasteiger partial charge in [0.15, 0.2) is 0 Å². The van der Waals surface area contributed by atoms with Gasteiger partial charge in [0.1, 0.15) is 22.7 Å². The van der Waals surface area contributed by atoms with E-state index in [4.69, 9.17) is 0 Å². The summed E-state index contributed by atoms with van der Waals surface area (Å²) in [4.78, 5) is 38.9.